The van der Waals surface area contributed by atoms with E-state index >= 15 is 0 Å². The van der Waals surface area contributed by atoms with Crippen LogP contribution in [0.1, 0.15) is 16.7 Å². The summed E-state index contributed by atoms with van der Waals surface area (Å²) in [7, 11) is 0. The maximum atomic E-state index is 12.9. The van der Waals surface area contributed by atoms with E-state index in [-0.39, 0.29) is 11.6 Å². The molecule has 126 valence electrons. The molecule has 0 bridgehead atoms. The third-order valence-electron chi connectivity index (χ3n) is 3.14. The monoisotopic (exact) mass is 368 g/mol. The highest BCUT2D eigenvalue weighted by Gasteiger charge is 2.06. The lowest BCUT2D eigenvalue weighted by molar-refractivity contribution is -0.123. The van der Waals surface area contributed by atoms with Crippen molar-refractivity contribution in [3.05, 3.63) is 62.9 Å². The van der Waals surface area contributed by atoms with Gasteiger partial charge in [-0.2, -0.15) is 5.10 Å². The van der Waals surface area contributed by atoms with Gasteiger partial charge in [0.05, 0.1) is 11.2 Å². The van der Waals surface area contributed by atoms with Crippen molar-refractivity contribution in [2.75, 3.05) is 6.61 Å². The van der Waals surface area contributed by atoms with Crippen molar-refractivity contribution >= 4 is 35.3 Å². The molecule has 1 N–H and O–H groups in total. The molecular formula is C17H15Cl2FN2O2. The first-order valence-corrected chi connectivity index (χ1v) is 7.79. The molecule has 7 heteroatoms. The number of carbonyl (C=O) groups is 1. The fourth-order valence-electron chi connectivity index (χ4n) is 1.95. The van der Waals surface area contributed by atoms with Crippen LogP contribution in [0.4, 0.5) is 4.39 Å². The molecule has 0 heterocycles. The maximum absolute atomic E-state index is 12.9. The topological polar surface area (TPSA) is 50.7 Å². The van der Waals surface area contributed by atoms with E-state index in [9.17, 15) is 9.18 Å². The van der Waals surface area contributed by atoms with Crippen LogP contribution in [0.5, 0.6) is 5.75 Å². The molecule has 4 nitrogen and oxygen atoms in total. The summed E-state index contributed by atoms with van der Waals surface area (Å²) in [4.78, 5) is 11.7. The molecule has 1 amide bonds. The molecule has 0 aromatic heterocycles. The highest BCUT2D eigenvalue weighted by Crippen LogP contribution is 2.25. The summed E-state index contributed by atoms with van der Waals surface area (Å²) in [6, 6.07) is 7.39. The zero-order chi connectivity index (χ0) is 17.7. The summed E-state index contributed by atoms with van der Waals surface area (Å²) < 4.78 is 18.3. The molecule has 0 aliphatic heterocycles. The van der Waals surface area contributed by atoms with Crippen molar-refractivity contribution in [2.45, 2.75) is 13.8 Å². The third kappa shape index (κ3) is 4.94. The molecule has 2 aromatic carbocycles. The van der Waals surface area contributed by atoms with E-state index in [0.29, 0.717) is 16.3 Å². The molecule has 0 fully saturated rings. The van der Waals surface area contributed by atoms with Crippen LogP contribution in [-0.2, 0) is 4.79 Å². The van der Waals surface area contributed by atoms with Gasteiger partial charge in [-0.3, -0.25) is 4.79 Å². The van der Waals surface area contributed by atoms with Crippen LogP contribution in [0.3, 0.4) is 0 Å². The van der Waals surface area contributed by atoms with Crippen LogP contribution in [0.25, 0.3) is 0 Å². The zero-order valence-electron chi connectivity index (χ0n) is 13.1. The fraction of sp³-hybridized carbons (Fsp3) is 0.176. The largest absolute Gasteiger partial charge is 0.484 e. The maximum Gasteiger partial charge on any atom is 0.277 e. The number of aryl methyl sites for hydroxylation is 2. The standard InChI is InChI=1S/C17H15Cl2FN2O2/c1-10-5-14(6-11(2)17(10)19)24-9-16(23)22-21-8-12-3-4-13(20)7-15(12)18/h3-8H,9H2,1-2H3,(H,22,23). The number of carbonyl (C=O) groups excluding carboxylic acids is 1. The molecule has 0 spiro atoms. The van der Waals surface area contributed by atoms with Gasteiger partial charge in [-0.05, 0) is 55.3 Å². The summed E-state index contributed by atoms with van der Waals surface area (Å²) in [6.45, 7) is 3.52. The highest BCUT2D eigenvalue weighted by molar-refractivity contribution is 6.33. The Morgan fingerprint density at radius 2 is 1.92 bits per heavy atom. The zero-order valence-corrected chi connectivity index (χ0v) is 14.6. The van der Waals surface area contributed by atoms with Gasteiger partial charge < -0.3 is 4.74 Å². The molecule has 0 saturated heterocycles. The lowest BCUT2D eigenvalue weighted by Gasteiger charge is -2.09. The van der Waals surface area contributed by atoms with Gasteiger partial charge in [0.15, 0.2) is 6.61 Å². The number of rotatable bonds is 5. The van der Waals surface area contributed by atoms with E-state index in [4.69, 9.17) is 27.9 Å². The smallest absolute Gasteiger partial charge is 0.277 e. The second-order valence-electron chi connectivity index (χ2n) is 5.12. The van der Waals surface area contributed by atoms with Crippen LogP contribution < -0.4 is 10.2 Å². The van der Waals surface area contributed by atoms with Gasteiger partial charge in [0, 0.05) is 10.6 Å². The van der Waals surface area contributed by atoms with Crippen LogP contribution in [0, 0.1) is 19.7 Å². The van der Waals surface area contributed by atoms with Gasteiger partial charge in [-0.15, -0.1) is 0 Å². The first-order valence-electron chi connectivity index (χ1n) is 7.03. The molecular weight excluding hydrogens is 354 g/mol. The van der Waals surface area contributed by atoms with Crippen LogP contribution in [0.15, 0.2) is 35.4 Å². The van der Waals surface area contributed by atoms with E-state index in [2.05, 4.69) is 10.5 Å². The predicted octanol–water partition coefficient (Wildman–Crippen LogP) is 4.28. The minimum atomic E-state index is -0.442. The quantitative estimate of drug-likeness (QED) is 0.632. The van der Waals surface area contributed by atoms with E-state index < -0.39 is 11.7 Å². The van der Waals surface area contributed by atoms with Crippen LogP contribution in [-0.4, -0.2) is 18.7 Å². The second kappa shape index (κ2) is 8.13. The Balaban J connectivity index is 1.88. The summed E-state index contributed by atoms with van der Waals surface area (Å²) in [5, 5.41) is 4.64. The number of ether oxygens (including phenoxy) is 1. The van der Waals surface area contributed by atoms with Gasteiger partial charge in [0.1, 0.15) is 11.6 Å². The van der Waals surface area contributed by atoms with Crippen molar-refractivity contribution in [3.63, 3.8) is 0 Å². The lowest BCUT2D eigenvalue weighted by Crippen LogP contribution is -2.24. The molecule has 0 radical (unpaired) electrons. The average molecular weight is 369 g/mol. The number of halogens is 3. The Bertz CT molecular complexity index is 771. The molecule has 0 atom stereocenters. The van der Waals surface area contributed by atoms with Gasteiger partial charge in [-0.1, -0.05) is 23.2 Å². The van der Waals surface area contributed by atoms with Crippen molar-refractivity contribution in [3.8, 4) is 5.75 Å². The SMILES string of the molecule is Cc1cc(OCC(=O)NN=Cc2ccc(F)cc2Cl)cc(C)c1Cl. The number of amides is 1. The van der Waals surface area contributed by atoms with Gasteiger partial charge in [-0.25, -0.2) is 9.82 Å². The van der Waals surface area contributed by atoms with Crippen LogP contribution >= 0.6 is 23.2 Å². The molecule has 24 heavy (non-hydrogen) atoms. The predicted molar refractivity (Wildman–Crippen MR) is 93.6 cm³/mol. The van der Waals surface area contributed by atoms with Gasteiger partial charge >= 0.3 is 0 Å². The van der Waals surface area contributed by atoms with E-state index in [1.54, 1.807) is 12.1 Å². The number of benzene rings is 2. The molecule has 2 rings (SSSR count). The van der Waals surface area contributed by atoms with E-state index in [1.165, 1.54) is 24.4 Å². The van der Waals surface area contributed by atoms with Crippen molar-refractivity contribution in [2.24, 2.45) is 5.10 Å². The van der Waals surface area contributed by atoms with E-state index in [1.807, 2.05) is 13.8 Å². The summed E-state index contributed by atoms with van der Waals surface area (Å²) in [5.41, 5.74) is 4.54. The molecule has 0 aliphatic rings. The molecule has 0 unspecified atom stereocenters. The number of nitrogens with zero attached hydrogens (tertiary/aromatic N) is 1. The summed E-state index contributed by atoms with van der Waals surface area (Å²) in [5.74, 6) is -0.326. The fourth-order valence-corrected chi connectivity index (χ4v) is 2.28. The van der Waals surface area contributed by atoms with Gasteiger partial charge in [0.25, 0.3) is 5.91 Å². The Hall–Kier alpha value is -2.11. The number of nitrogens with one attached hydrogen (secondary N) is 1. The highest BCUT2D eigenvalue weighted by atomic mass is 35.5. The Morgan fingerprint density at radius 3 is 2.54 bits per heavy atom. The average Bonchev–Trinajstić information content (AvgIpc) is 2.52. The first kappa shape index (κ1) is 18.2. The van der Waals surface area contributed by atoms with Crippen molar-refractivity contribution < 1.29 is 13.9 Å². The number of hydrogen-bond acceptors (Lipinski definition) is 3. The third-order valence-corrected chi connectivity index (χ3v) is 4.06. The van der Waals surface area contributed by atoms with Crippen molar-refractivity contribution in [1.29, 1.82) is 0 Å². The molecule has 2 aromatic rings. The first-order chi connectivity index (χ1) is 11.4. The Morgan fingerprint density at radius 1 is 1.25 bits per heavy atom. The minimum absolute atomic E-state index is 0.199. The second-order valence-corrected chi connectivity index (χ2v) is 5.90. The Labute approximate surface area is 149 Å². The van der Waals surface area contributed by atoms with Gasteiger partial charge in [0.2, 0.25) is 0 Å². The lowest BCUT2D eigenvalue weighted by atomic mass is 10.1. The molecule has 0 saturated carbocycles. The van der Waals surface area contributed by atoms with E-state index in [0.717, 1.165) is 11.1 Å². The normalized spacial score (nSPS) is 10.9. The van der Waals surface area contributed by atoms with Crippen LogP contribution in [0.2, 0.25) is 10.0 Å². The van der Waals surface area contributed by atoms with Crippen molar-refractivity contribution in [1.82, 2.24) is 5.43 Å². The summed E-state index contributed by atoms with van der Waals surface area (Å²) in [6.07, 6.45) is 1.33. The number of hydrogen-bond donors (Lipinski definition) is 1. The Kier molecular flexibility index (Phi) is 6.17. The molecule has 0 aliphatic carbocycles. The minimum Gasteiger partial charge on any atom is -0.484 e. The summed E-state index contributed by atoms with van der Waals surface area (Å²) >= 11 is 11.9. The number of hydrazone groups is 1.